The fourth-order valence-electron chi connectivity index (χ4n) is 1.66. The van der Waals surface area contributed by atoms with Crippen molar-refractivity contribution < 1.29 is 9.13 Å². The van der Waals surface area contributed by atoms with E-state index < -0.39 is 0 Å². The second-order valence-corrected chi connectivity index (χ2v) is 4.55. The monoisotopic (exact) mass is 276 g/mol. The number of anilines is 2. The fourth-order valence-corrected chi connectivity index (χ4v) is 1.66. The summed E-state index contributed by atoms with van der Waals surface area (Å²) in [6.45, 7) is 4.05. The fraction of sp³-hybridized carbons (Fsp3) is 0.286. The summed E-state index contributed by atoms with van der Waals surface area (Å²) in [7, 11) is 0. The van der Waals surface area contributed by atoms with Crippen LogP contribution in [0, 0.1) is 5.82 Å². The predicted octanol–water partition coefficient (Wildman–Crippen LogP) is 2.60. The van der Waals surface area contributed by atoms with Crippen molar-refractivity contribution in [1.29, 1.82) is 0 Å². The van der Waals surface area contributed by atoms with E-state index in [1.165, 1.54) is 12.4 Å². The maximum absolute atomic E-state index is 13.5. The molecule has 1 heterocycles. The Kier molecular flexibility index (Phi) is 4.34. The van der Waals surface area contributed by atoms with Crippen molar-refractivity contribution in [3.8, 4) is 5.88 Å². The maximum Gasteiger partial charge on any atom is 0.242 e. The van der Waals surface area contributed by atoms with Crippen molar-refractivity contribution in [2.24, 2.45) is 0 Å². The average Bonchev–Trinajstić information content (AvgIpc) is 2.41. The molecule has 20 heavy (non-hydrogen) atoms. The standard InChI is InChI=1S/C14H17FN4O/c1-9(2)20-14-12(16)13(18-8-19-14)17-7-10-5-3-4-6-11(10)15/h3-6,8-9H,7,16H2,1-2H3,(H,17,18,19). The van der Waals surface area contributed by atoms with Crippen molar-refractivity contribution in [3.63, 3.8) is 0 Å². The lowest BCUT2D eigenvalue weighted by molar-refractivity contribution is 0.234. The lowest BCUT2D eigenvalue weighted by Crippen LogP contribution is -2.12. The van der Waals surface area contributed by atoms with Crippen molar-refractivity contribution in [2.45, 2.75) is 26.5 Å². The maximum atomic E-state index is 13.5. The van der Waals surface area contributed by atoms with Gasteiger partial charge in [-0.15, -0.1) is 0 Å². The van der Waals surface area contributed by atoms with Crippen molar-refractivity contribution in [3.05, 3.63) is 42.0 Å². The smallest absolute Gasteiger partial charge is 0.242 e. The molecular weight excluding hydrogens is 259 g/mol. The molecule has 0 aliphatic carbocycles. The molecule has 0 unspecified atom stereocenters. The summed E-state index contributed by atoms with van der Waals surface area (Å²) in [5.74, 6) is 0.483. The molecule has 2 aromatic rings. The van der Waals surface area contributed by atoms with Crippen LogP contribution in [-0.2, 0) is 6.54 Å². The summed E-state index contributed by atoms with van der Waals surface area (Å²) >= 11 is 0. The van der Waals surface area contributed by atoms with Crippen LogP contribution < -0.4 is 15.8 Å². The van der Waals surface area contributed by atoms with Crippen LogP contribution in [0.3, 0.4) is 0 Å². The van der Waals surface area contributed by atoms with Gasteiger partial charge < -0.3 is 15.8 Å². The van der Waals surface area contributed by atoms with E-state index in [0.29, 0.717) is 22.9 Å². The molecular formula is C14H17FN4O. The minimum absolute atomic E-state index is 0.0355. The molecule has 0 atom stereocenters. The van der Waals surface area contributed by atoms with E-state index in [1.807, 2.05) is 13.8 Å². The Labute approximate surface area is 117 Å². The van der Waals surface area contributed by atoms with E-state index in [4.69, 9.17) is 10.5 Å². The summed E-state index contributed by atoms with van der Waals surface area (Å²) < 4.78 is 19.0. The van der Waals surface area contributed by atoms with Gasteiger partial charge in [-0.2, -0.15) is 4.98 Å². The molecule has 106 valence electrons. The molecule has 0 saturated carbocycles. The van der Waals surface area contributed by atoms with Crippen molar-refractivity contribution >= 4 is 11.5 Å². The van der Waals surface area contributed by atoms with E-state index in [1.54, 1.807) is 18.2 Å². The molecule has 0 aliphatic heterocycles. The molecule has 5 nitrogen and oxygen atoms in total. The number of nitrogens with two attached hydrogens (primary N) is 1. The average molecular weight is 276 g/mol. The number of nitrogens with zero attached hydrogens (tertiary/aromatic N) is 2. The van der Waals surface area contributed by atoms with Gasteiger partial charge in [0, 0.05) is 12.1 Å². The van der Waals surface area contributed by atoms with Gasteiger partial charge >= 0.3 is 0 Å². The van der Waals surface area contributed by atoms with Crippen LogP contribution in [0.25, 0.3) is 0 Å². The van der Waals surface area contributed by atoms with Crippen LogP contribution >= 0.6 is 0 Å². The molecule has 0 spiro atoms. The zero-order valence-electron chi connectivity index (χ0n) is 11.4. The SMILES string of the molecule is CC(C)Oc1ncnc(NCc2ccccc2F)c1N. The Bertz CT molecular complexity index is 589. The topological polar surface area (TPSA) is 73.1 Å². The molecule has 0 amide bonds. The first-order valence-electron chi connectivity index (χ1n) is 6.32. The molecule has 1 aromatic carbocycles. The first-order valence-corrected chi connectivity index (χ1v) is 6.32. The van der Waals surface area contributed by atoms with Crippen molar-refractivity contribution in [1.82, 2.24) is 9.97 Å². The number of hydrogen-bond donors (Lipinski definition) is 2. The Morgan fingerprint density at radius 2 is 2.05 bits per heavy atom. The number of nitrogen functional groups attached to an aromatic ring is 1. The number of ether oxygens (including phenoxy) is 1. The summed E-state index contributed by atoms with van der Waals surface area (Å²) in [5, 5.41) is 2.99. The van der Waals surface area contributed by atoms with Crippen LogP contribution in [0.1, 0.15) is 19.4 Å². The Hall–Kier alpha value is -2.37. The molecule has 0 saturated heterocycles. The normalized spacial score (nSPS) is 10.6. The largest absolute Gasteiger partial charge is 0.473 e. The van der Waals surface area contributed by atoms with Crippen LogP contribution in [0.4, 0.5) is 15.9 Å². The van der Waals surface area contributed by atoms with Gasteiger partial charge in [0.15, 0.2) is 5.82 Å². The number of hydrogen-bond acceptors (Lipinski definition) is 5. The van der Waals surface area contributed by atoms with Crippen LogP contribution in [0.5, 0.6) is 5.88 Å². The van der Waals surface area contributed by atoms with Gasteiger partial charge in [0.1, 0.15) is 17.8 Å². The van der Waals surface area contributed by atoms with E-state index in [9.17, 15) is 4.39 Å². The Morgan fingerprint density at radius 3 is 2.75 bits per heavy atom. The van der Waals surface area contributed by atoms with E-state index in [2.05, 4.69) is 15.3 Å². The molecule has 0 radical (unpaired) electrons. The highest BCUT2D eigenvalue weighted by Crippen LogP contribution is 2.25. The zero-order chi connectivity index (χ0) is 14.5. The molecule has 1 aromatic heterocycles. The number of rotatable bonds is 5. The van der Waals surface area contributed by atoms with Crippen molar-refractivity contribution in [2.75, 3.05) is 11.1 Å². The van der Waals surface area contributed by atoms with Gasteiger partial charge in [-0.3, -0.25) is 0 Å². The van der Waals surface area contributed by atoms with Gasteiger partial charge in [-0.25, -0.2) is 9.37 Å². The van der Waals surface area contributed by atoms with Crippen LogP contribution in [0.2, 0.25) is 0 Å². The van der Waals surface area contributed by atoms with E-state index in [0.717, 1.165) is 0 Å². The van der Waals surface area contributed by atoms with Crippen LogP contribution in [-0.4, -0.2) is 16.1 Å². The first kappa shape index (κ1) is 14.0. The summed E-state index contributed by atoms with van der Waals surface area (Å²) in [6.07, 6.45) is 1.32. The molecule has 0 fully saturated rings. The summed E-state index contributed by atoms with van der Waals surface area (Å²) in [5.41, 5.74) is 6.78. The quantitative estimate of drug-likeness (QED) is 0.878. The Morgan fingerprint density at radius 1 is 1.30 bits per heavy atom. The number of nitrogens with one attached hydrogen (secondary N) is 1. The third-order valence-electron chi connectivity index (χ3n) is 2.60. The summed E-state index contributed by atoms with van der Waals surface area (Å²) in [6, 6.07) is 6.53. The molecule has 6 heteroatoms. The predicted molar refractivity (Wildman–Crippen MR) is 75.9 cm³/mol. The highest BCUT2D eigenvalue weighted by molar-refractivity contribution is 5.66. The molecule has 3 N–H and O–H groups in total. The molecule has 0 bridgehead atoms. The minimum atomic E-state index is -0.272. The van der Waals surface area contributed by atoms with Gasteiger partial charge in [-0.05, 0) is 19.9 Å². The third kappa shape index (κ3) is 3.34. The van der Waals surface area contributed by atoms with Gasteiger partial charge in [0.05, 0.1) is 6.10 Å². The third-order valence-corrected chi connectivity index (χ3v) is 2.60. The molecule has 2 rings (SSSR count). The van der Waals surface area contributed by atoms with Gasteiger partial charge in [0.2, 0.25) is 5.88 Å². The highest BCUT2D eigenvalue weighted by atomic mass is 19.1. The highest BCUT2D eigenvalue weighted by Gasteiger charge is 2.11. The van der Waals surface area contributed by atoms with E-state index >= 15 is 0 Å². The number of halogens is 1. The van der Waals surface area contributed by atoms with Gasteiger partial charge in [-0.1, -0.05) is 18.2 Å². The molecule has 0 aliphatic rings. The van der Waals surface area contributed by atoms with Gasteiger partial charge in [0.25, 0.3) is 0 Å². The minimum Gasteiger partial charge on any atom is -0.473 e. The van der Waals surface area contributed by atoms with E-state index in [-0.39, 0.29) is 18.5 Å². The second-order valence-electron chi connectivity index (χ2n) is 4.55. The lowest BCUT2D eigenvalue weighted by Gasteiger charge is -2.13. The Balaban J connectivity index is 2.12. The first-order chi connectivity index (χ1) is 9.58. The second kappa shape index (κ2) is 6.18. The number of aromatic nitrogens is 2. The number of benzene rings is 1. The summed E-state index contributed by atoms with van der Waals surface area (Å²) in [4.78, 5) is 8.02. The lowest BCUT2D eigenvalue weighted by atomic mass is 10.2. The van der Waals surface area contributed by atoms with Crippen LogP contribution in [0.15, 0.2) is 30.6 Å². The zero-order valence-corrected chi connectivity index (χ0v) is 11.4.